The second kappa shape index (κ2) is 3.87. The number of benzene rings is 1. The van der Waals surface area contributed by atoms with E-state index in [1.54, 1.807) is 0 Å². The van der Waals surface area contributed by atoms with Gasteiger partial charge in [0.15, 0.2) is 0 Å². The van der Waals surface area contributed by atoms with Crippen molar-refractivity contribution in [3.63, 3.8) is 0 Å². The van der Waals surface area contributed by atoms with Gasteiger partial charge < -0.3 is 10.4 Å². The van der Waals surface area contributed by atoms with Gasteiger partial charge in [-0.3, -0.25) is 0 Å². The molecule has 2 rings (SSSR count). The minimum absolute atomic E-state index is 0.122. The van der Waals surface area contributed by atoms with Crippen LogP contribution >= 0.6 is 0 Å². The predicted octanol–water partition coefficient (Wildman–Crippen LogP) is 1.19. The quantitative estimate of drug-likeness (QED) is 0.773. The SMILES string of the molecule is OCC1(c2ccc(F)cc2F)CCNC1. The molecule has 0 spiro atoms. The molecule has 2 N–H and O–H groups in total. The molecule has 1 heterocycles. The molecule has 2 nitrogen and oxygen atoms in total. The standard InChI is InChI=1S/C11H13F2NO/c12-8-1-2-9(10(13)5-8)11(7-15)3-4-14-6-11/h1-2,5,14-15H,3-4,6-7H2. The molecule has 1 aliphatic rings. The van der Waals surface area contributed by atoms with Gasteiger partial charge in [-0.15, -0.1) is 0 Å². The van der Waals surface area contributed by atoms with Crippen molar-refractivity contribution in [2.24, 2.45) is 0 Å². The zero-order valence-corrected chi connectivity index (χ0v) is 8.26. The number of aliphatic hydroxyl groups is 1. The van der Waals surface area contributed by atoms with Crippen molar-refractivity contribution >= 4 is 0 Å². The fourth-order valence-corrected chi connectivity index (χ4v) is 2.11. The van der Waals surface area contributed by atoms with Crippen LogP contribution in [0.4, 0.5) is 8.78 Å². The summed E-state index contributed by atoms with van der Waals surface area (Å²) in [6.45, 7) is 1.16. The zero-order valence-electron chi connectivity index (χ0n) is 8.26. The summed E-state index contributed by atoms with van der Waals surface area (Å²) in [6, 6.07) is 3.52. The van der Waals surface area contributed by atoms with E-state index < -0.39 is 17.0 Å². The van der Waals surface area contributed by atoms with Gasteiger partial charge >= 0.3 is 0 Å². The van der Waals surface area contributed by atoms with Gasteiger partial charge in [0.25, 0.3) is 0 Å². The van der Waals surface area contributed by atoms with Gasteiger partial charge in [0.2, 0.25) is 0 Å². The number of halogens is 2. The highest BCUT2D eigenvalue weighted by Gasteiger charge is 2.37. The van der Waals surface area contributed by atoms with Crippen LogP contribution in [0.1, 0.15) is 12.0 Å². The fourth-order valence-electron chi connectivity index (χ4n) is 2.11. The van der Waals surface area contributed by atoms with E-state index in [4.69, 9.17) is 0 Å². The number of hydrogen-bond acceptors (Lipinski definition) is 2. The molecule has 0 saturated carbocycles. The van der Waals surface area contributed by atoms with Crippen molar-refractivity contribution in [2.75, 3.05) is 19.7 Å². The van der Waals surface area contributed by atoms with Crippen LogP contribution in [-0.4, -0.2) is 24.8 Å². The lowest BCUT2D eigenvalue weighted by molar-refractivity contribution is 0.201. The molecule has 82 valence electrons. The third kappa shape index (κ3) is 1.75. The van der Waals surface area contributed by atoms with Gasteiger partial charge in [0.1, 0.15) is 11.6 Å². The van der Waals surface area contributed by atoms with E-state index in [1.165, 1.54) is 12.1 Å². The number of hydrogen-bond donors (Lipinski definition) is 2. The summed E-state index contributed by atoms with van der Waals surface area (Å²) in [5, 5.41) is 12.4. The van der Waals surface area contributed by atoms with Crippen LogP contribution in [0.3, 0.4) is 0 Å². The molecule has 15 heavy (non-hydrogen) atoms. The average Bonchev–Trinajstić information content (AvgIpc) is 2.67. The second-order valence-corrected chi connectivity index (χ2v) is 3.99. The highest BCUT2D eigenvalue weighted by atomic mass is 19.1. The first-order valence-corrected chi connectivity index (χ1v) is 4.95. The van der Waals surface area contributed by atoms with Crippen LogP contribution in [0, 0.1) is 11.6 Å². The Morgan fingerprint density at radius 2 is 2.20 bits per heavy atom. The van der Waals surface area contributed by atoms with Gasteiger partial charge in [-0.1, -0.05) is 6.07 Å². The lowest BCUT2D eigenvalue weighted by Crippen LogP contribution is -2.34. The summed E-state index contributed by atoms with van der Waals surface area (Å²) in [5.41, 5.74) is -0.186. The van der Waals surface area contributed by atoms with E-state index in [-0.39, 0.29) is 6.61 Å². The van der Waals surface area contributed by atoms with Crippen LogP contribution in [0.2, 0.25) is 0 Å². The second-order valence-electron chi connectivity index (χ2n) is 3.99. The first kappa shape index (κ1) is 10.5. The molecular formula is C11H13F2NO. The molecule has 1 saturated heterocycles. The topological polar surface area (TPSA) is 32.3 Å². The third-order valence-corrected chi connectivity index (χ3v) is 3.05. The summed E-state index contributed by atoms with van der Waals surface area (Å²) in [4.78, 5) is 0. The normalized spacial score (nSPS) is 25.8. The lowest BCUT2D eigenvalue weighted by atomic mass is 9.80. The minimum atomic E-state index is -0.588. The van der Waals surface area contributed by atoms with Crippen molar-refractivity contribution in [1.29, 1.82) is 0 Å². The Hall–Kier alpha value is -1.00. The highest BCUT2D eigenvalue weighted by molar-refractivity contribution is 5.29. The third-order valence-electron chi connectivity index (χ3n) is 3.05. The molecule has 0 aromatic heterocycles. The van der Waals surface area contributed by atoms with Crippen molar-refractivity contribution < 1.29 is 13.9 Å². The van der Waals surface area contributed by atoms with Gasteiger partial charge in [-0.25, -0.2) is 8.78 Å². The molecule has 1 fully saturated rings. The molecule has 0 amide bonds. The zero-order chi connectivity index (χ0) is 10.9. The molecule has 4 heteroatoms. The Morgan fingerprint density at radius 3 is 2.73 bits per heavy atom. The molecule has 1 unspecified atom stereocenters. The fraction of sp³-hybridized carbons (Fsp3) is 0.455. The van der Waals surface area contributed by atoms with Crippen molar-refractivity contribution in [3.05, 3.63) is 35.4 Å². The van der Waals surface area contributed by atoms with E-state index in [1.807, 2.05) is 0 Å². The molecular weight excluding hydrogens is 200 g/mol. The van der Waals surface area contributed by atoms with Crippen molar-refractivity contribution in [3.8, 4) is 0 Å². The van der Waals surface area contributed by atoms with E-state index >= 15 is 0 Å². The smallest absolute Gasteiger partial charge is 0.130 e. The molecule has 1 aliphatic heterocycles. The first-order valence-electron chi connectivity index (χ1n) is 4.95. The largest absolute Gasteiger partial charge is 0.395 e. The van der Waals surface area contributed by atoms with Crippen molar-refractivity contribution in [1.82, 2.24) is 5.32 Å². The average molecular weight is 213 g/mol. The van der Waals surface area contributed by atoms with Crippen LogP contribution in [0.15, 0.2) is 18.2 Å². The van der Waals surface area contributed by atoms with E-state index in [9.17, 15) is 13.9 Å². The maximum Gasteiger partial charge on any atom is 0.130 e. The highest BCUT2D eigenvalue weighted by Crippen LogP contribution is 2.32. The Bertz CT molecular complexity index is 362. The van der Waals surface area contributed by atoms with Crippen LogP contribution in [0.25, 0.3) is 0 Å². The first-order chi connectivity index (χ1) is 7.18. The van der Waals surface area contributed by atoms with E-state index in [0.29, 0.717) is 18.5 Å². The van der Waals surface area contributed by atoms with Crippen LogP contribution in [-0.2, 0) is 5.41 Å². The molecule has 1 aromatic carbocycles. The maximum absolute atomic E-state index is 13.6. The Morgan fingerprint density at radius 1 is 1.40 bits per heavy atom. The maximum atomic E-state index is 13.6. The molecule has 1 aromatic rings. The Labute approximate surface area is 86.9 Å². The van der Waals surface area contributed by atoms with E-state index in [0.717, 1.165) is 12.6 Å². The van der Waals surface area contributed by atoms with Gasteiger partial charge in [-0.05, 0) is 24.6 Å². The van der Waals surface area contributed by atoms with Crippen LogP contribution < -0.4 is 5.32 Å². The predicted molar refractivity (Wildman–Crippen MR) is 52.6 cm³/mol. The summed E-state index contributed by atoms with van der Waals surface area (Å²) < 4.78 is 26.3. The van der Waals surface area contributed by atoms with Gasteiger partial charge in [-0.2, -0.15) is 0 Å². The molecule has 0 radical (unpaired) electrons. The molecule has 0 aliphatic carbocycles. The number of rotatable bonds is 2. The monoisotopic (exact) mass is 213 g/mol. The number of aliphatic hydroxyl groups excluding tert-OH is 1. The Balaban J connectivity index is 2.42. The summed E-state index contributed by atoms with van der Waals surface area (Å²) >= 11 is 0. The summed E-state index contributed by atoms with van der Waals surface area (Å²) in [6.07, 6.45) is 0.673. The molecule has 0 bridgehead atoms. The van der Waals surface area contributed by atoms with E-state index in [2.05, 4.69) is 5.32 Å². The lowest BCUT2D eigenvalue weighted by Gasteiger charge is -2.26. The summed E-state index contributed by atoms with van der Waals surface area (Å²) in [7, 11) is 0. The summed E-state index contributed by atoms with van der Waals surface area (Å²) in [5.74, 6) is -1.16. The minimum Gasteiger partial charge on any atom is -0.395 e. The van der Waals surface area contributed by atoms with Gasteiger partial charge in [0.05, 0.1) is 6.61 Å². The van der Waals surface area contributed by atoms with Gasteiger partial charge in [0, 0.05) is 18.0 Å². The molecule has 1 atom stereocenters. The van der Waals surface area contributed by atoms with Crippen molar-refractivity contribution in [2.45, 2.75) is 11.8 Å². The van der Waals surface area contributed by atoms with Crippen LogP contribution in [0.5, 0.6) is 0 Å². The number of nitrogens with one attached hydrogen (secondary N) is 1. The Kier molecular flexibility index (Phi) is 2.71.